The predicted molar refractivity (Wildman–Crippen MR) is 57.6 cm³/mol. The second-order valence-corrected chi connectivity index (χ2v) is 3.54. The van der Waals surface area contributed by atoms with Crippen LogP contribution in [0, 0.1) is 13.8 Å². The van der Waals surface area contributed by atoms with Crippen LogP contribution in [-0.2, 0) is 4.79 Å². The van der Waals surface area contributed by atoms with Gasteiger partial charge in [-0.2, -0.15) is 5.10 Å². The quantitative estimate of drug-likeness (QED) is 0.639. The zero-order chi connectivity index (χ0) is 11.3. The van der Waals surface area contributed by atoms with Crippen LogP contribution in [0.3, 0.4) is 0 Å². The van der Waals surface area contributed by atoms with Crippen LogP contribution >= 0.6 is 0 Å². The summed E-state index contributed by atoms with van der Waals surface area (Å²) in [5, 5.41) is 18.2. The number of unbranched alkanes of at least 4 members (excludes halogenated alkanes) is 1. The van der Waals surface area contributed by atoms with Crippen molar-refractivity contribution in [3.63, 3.8) is 0 Å². The molecule has 1 aromatic heterocycles. The lowest BCUT2D eigenvalue weighted by Gasteiger charge is -2.04. The van der Waals surface area contributed by atoms with Gasteiger partial charge in [-0.25, -0.2) is 0 Å². The van der Waals surface area contributed by atoms with Gasteiger partial charge in [-0.15, -0.1) is 0 Å². The topological polar surface area (TPSA) is 78.0 Å². The van der Waals surface area contributed by atoms with E-state index in [4.69, 9.17) is 5.11 Å². The molecule has 5 nitrogen and oxygen atoms in total. The summed E-state index contributed by atoms with van der Waals surface area (Å²) in [7, 11) is 0. The largest absolute Gasteiger partial charge is 0.396 e. The fourth-order valence-corrected chi connectivity index (χ4v) is 1.33. The zero-order valence-electron chi connectivity index (χ0n) is 9.13. The minimum absolute atomic E-state index is 0.0314. The maximum Gasteiger partial charge on any atom is 0.224 e. The van der Waals surface area contributed by atoms with Gasteiger partial charge in [0.2, 0.25) is 5.91 Å². The van der Waals surface area contributed by atoms with Crippen LogP contribution < -0.4 is 5.32 Å². The van der Waals surface area contributed by atoms with Gasteiger partial charge in [0.1, 0.15) is 0 Å². The first-order chi connectivity index (χ1) is 7.15. The third-order valence-corrected chi connectivity index (χ3v) is 2.20. The summed E-state index contributed by atoms with van der Waals surface area (Å²) in [6.45, 7) is 3.84. The Morgan fingerprint density at radius 2 is 2.20 bits per heavy atom. The first kappa shape index (κ1) is 11.7. The van der Waals surface area contributed by atoms with Crippen molar-refractivity contribution >= 4 is 11.6 Å². The van der Waals surface area contributed by atoms with Crippen molar-refractivity contribution in [1.29, 1.82) is 0 Å². The maximum absolute atomic E-state index is 11.5. The Morgan fingerprint density at radius 1 is 1.47 bits per heavy atom. The van der Waals surface area contributed by atoms with E-state index in [0.717, 1.165) is 17.1 Å². The minimum Gasteiger partial charge on any atom is -0.396 e. The third kappa shape index (κ3) is 3.36. The molecule has 0 aliphatic heterocycles. The highest BCUT2D eigenvalue weighted by atomic mass is 16.2. The number of aromatic amines is 1. The molecule has 0 aromatic carbocycles. The summed E-state index contributed by atoms with van der Waals surface area (Å²) in [6, 6.07) is 0. The van der Waals surface area contributed by atoms with Gasteiger partial charge in [-0.3, -0.25) is 9.89 Å². The van der Waals surface area contributed by atoms with Gasteiger partial charge in [-0.1, -0.05) is 0 Å². The van der Waals surface area contributed by atoms with Crippen LogP contribution in [0.25, 0.3) is 0 Å². The van der Waals surface area contributed by atoms with Gasteiger partial charge in [0.15, 0.2) is 0 Å². The number of rotatable bonds is 5. The zero-order valence-corrected chi connectivity index (χ0v) is 9.13. The number of aromatic nitrogens is 2. The van der Waals surface area contributed by atoms with E-state index >= 15 is 0 Å². The minimum atomic E-state index is -0.0314. The summed E-state index contributed by atoms with van der Waals surface area (Å²) in [5.41, 5.74) is 2.43. The van der Waals surface area contributed by atoms with Gasteiger partial charge in [0.05, 0.1) is 17.1 Å². The third-order valence-electron chi connectivity index (χ3n) is 2.20. The molecule has 0 aliphatic carbocycles. The predicted octanol–water partition coefficient (Wildman–Crippen LogP) is 1.13. The Morgan fingerprint density at radius 3 is 2.73 bits per heavy atom. The molecule has 84 valence electrons. The van der Waals surface area contributed by atoms with E-state index in [0.29, 0.717) is 19.3 Å². The first-order valence-corrected chi connectivity index (χ1v) is 5.07. The van der Waals surface area contributed by atoms with Crippen molar-refractivity contribution in [1.82, 2.24) is 10.2 Å². The number of H-pyrrole nitrogens is 1. The number of aliphatic hydroxyl groups is 1. The number of carbonyl (C=O) groups excluding carboxylic acids is 1. The van der Waals surface area contributed by atoms with Crippen LogP contribution in [0.5, 0.6) is 0 Å². The first-order valence-electron chi connectivity index (χ1n) is 5.07. The molecule has 0 atom stereocenters. The van der Waals surface area contributed by atoms with Crippen LogP contribution in [-0.4, -0.2) is 27.8 Å². The molecule has 15 heavy (non-hydrogen) atoms. The number of hydrogen-bond acceptors (Lipinski definition) is 3. The number of nitrogens with zero attached hydrogens (tertiary/aromatic N) is 1. The van der Waals surface area contributed by atoms with E-state index in [9.17, 15) is 4.79 Å². The molecule has 0 bridgehead atoms. The average Bonchev–Trinajstić information content (AvgIpc) is 2.50. The number of aryl methyl sites for hydroxylation is 2. The normalized spacial score (nSPS) is 10.3. The number of hydrogen-bond donors (Lipinski definition) is 3. The maximum atomic E-state index is 11.5. The van der Waals surface area contributed by atoms with Crippen LogP contribution in [0.1, 0.15) is 30.7 Å². The Labute approximate surface area is 88.9 Å². The Hall–Kier alpha value is -1.36. The van der Waals surface area contributed by atoms with Crippen molar-refractivity contribution in [3.05, 3.63) is 11.4 Å². The van der Waals surface area contributed by atoms with Gasteiger partial charge >= 0.3 is 0 Å². The highest BCUT2D eigenvalue weighted by Gasteiger charge is 2.09. The van der Waals surface area contributed by atoms with E-state index < -0.39 is 0 Å². The summed E-state index contributed by atoms with van der Waals surface area (Å²) in [5.74, 6) is -0.0314. The number of anilines is 1. The molecular formula is C10H17N3O2. The number of aliphatic hydroxyl groups excluding tert-OH is 1. The Bertz CT molecular complexity index is 314. The number of amides is 1. The molecule has 0 aliphatic rings. The van der Waals surface area contributed by atoms with Crippen LogP contribution in [0.4, 0.5) is 5.69 Å². The molecule has 0 saturated heterocycles. The van der Waals surface area contributed by atoms with E-state index in [1.807, 2.05) is 13.8 Å². The molecular weight excluding hydrogens is 194 g/mol. The van der Waals surface area contributed by atoms with Crippen LogP contribution in [0.15, 0.2) is 0 Å². The lowest BCUT2D eigenvalue weighted by molar-refractivity contribution is -0.116. The van der Waals surface area contributed by atoms with E-state index in [1.165, 1.54) is 0 Å². The average molecular weight is 211 g/mol. The molecule has 5 heteroatoms. The molecule has 1 heterocycles. The monoisotopic (exact) mass is 211 g/mol. The summed E-state index contributed by atoms with van der Waals surface area (Å²) >= 11 is 0. The number of carbonyl (C=O) groups is 1. The van der Waals surface area contributed by atoms with Crippen molar-refractivity contribution < 1.29 is 9.90 Å². The van der Waals surface area contributed by atoms with Gasteiger partial charge in [0.25, 0.3) is 0 Å². The Kier molecular flexibility index (Phi) is 4.30. The molecule has 0 fully saturated rings. The molecule has 0 saturated carbocycles. The molecule has 1 aromatic rings. The SMILES string of the molecule is Cc1n[nH]c(C)c1NC(=O)CCCCO. The second kappa shape index (κ2) is 5.50. The van der Waals surface area contributed by atoms with Crippen LogP contribution in [0.2, 0.25) is 0 Å². The summed E-state index contributed by atoms with van der Waals surface area (Å²) in [4.78, 5) is 11.5. The smallest absolute Gasteiger partial charge is 0.224 e. The van der Waals surface area contributed by atoms with Crippen molar-refractivity contribution in [2.45, 2.75) is 33.1 Å². The fourth-order valence-electron chi connectivity index (χ4n) is 1.33. The standard InChI is InChI=1S/C10H17N3O2/c1-7-10(8(2)13-12-7)11-9(15)5-3-4-6-14/h14H,3-6H2,1-2H3,(H,11,15)(H,12,13). The fraction of sp³-hybridized carbons (Fsp3) is 0.600. The highest BCUT2D eigenvalue weighted by molar-refractivity contribution is 5.91. The molecule has 0 unspecified atom stereocenters. The number of nitrogens with one attached hydrogen (secondary N) is 2. The molecule has 1 rings (SSSR count). The second-order valence-electron chi connectivity index (χ2n) is 3.54. The molecule has 1 amide bonds. The molecule has 0 spiro atoms. The van der Waals surface area contributed by atoms with Gasteiger partial charge < -0.3 is 10.4 Å². The van der Waals surface area contributed by atoms with E-state index in [2.05, 4.69) is 15.5 Å². The lowest BCUT2D eigenvalue weighted by atomic mass is 10.2. The van der Waals surface area contributed by atoms with Crippen molar-refractivity contribution in [2.75, 3.05) is 11.9 Å². The van der Waals surface area contributed by atoms with E-state index in [-0.39, 0.29) is 12.5 Å². The summed E-state index contributed by atoms with van der Waals surface area (Å²) in [6.07, 6.45) is 1.81. The Balaban J connectivity index is 2.44. The molecule has 0 radical (unpaired) electrons. The summed E-state index contributed by atoms with van der Waals surface area (Å²) < 4.78 is 0. The van der Waals surface area contributed by atoms with Gasteiger partial charge in [-0.05, 0) is 26.7 Å². The van der Waals surface area contributed by atoms with Crippen molar-refractivity contribution in [2.24, 2.45) is 0 Å². The highest BCUT2D eigenvalue weighted by Crippen LogP contribution is 2.16. The van der Waals surface area contributed by atoms with Gasteiger partial charge in [0, 0.05) is 13.0 Å². The lowest BCUT2D eigenvalue weighted by Crippen LogP contribution is -2.12. The molecule has 3 N–H and O–H groups in total. The van der Waals surface area contributed by atoms with Crippen molar-refractivity contribution in [3.8, 4) is 0 Å². The van der Waals surface area contributed by atoms with E-state index in [1.54, 1.807) is 0 Å².